The molecule has 0 heterocycles. The number of carbonyl (C=O) groups excluding carboxylic acids is 4. The molecule has 240 valence electrons. The van der Waals surface area contributed by atoms with Crippen molar-refractivity contribution in [1.29, 1.82) is 0 Å². The van der Waals surface area contributed by atoms with Gasteiger partial charge in [0.1, 0.15) is 25.3 Å². The molecule has 10 nitrogen and oxygen atoms in total. The number of rotatable bonds is 16. The second-order valence-corrected chi connectivity index (χ2v) is 24.0. The van der Waals surface area contributed by atoms with Gasteiger partial charge in [-0.3, -0.25) is 0 Å². The molecule has 44 heavy (non-hydrogen) atoms. The lowest BCUT2D eigenvalue weighted by atomic mass is 10.2. The monoisotopic (exact) mass is 642 g/mol. The van der Waals surface area contributed by atoms with Gasteiger partial charge < -0.3 is 29.6 Å². The molecule has 2 aromatic rings. The van der Waals surface area contributed by atoms with Crippen molar-refractivity contribution in [3.05, 3.63) is 83.9 Å². The molecule has 0 aromatic heterocycles. The molecule has 0 saturated carbocycles. The van der Waals surface area contributed by atoms with E-state index in [4.69, 9.17) is 18.9 Å². The Morgan fingerprint density at radius 3 is 1.25 bits per heavy atom. The van der Waals surface area contributed by atoms with Gasteiger partial charge in [-0.25, -0.2) is 19.2 Å². The van der Waals surface area contributed by atoms with Gasteiger partial charge in [0.15, 0.2) is 0 Å². The van der Waals surface area contributed by atoms with Crippen molar-refractivity contribution in [1.82, 2.24) is 10.6 Å². The van der Waals surface area contributed by atoms with E-state index in [1.54, 1.807) is 24.3 Å². The summed E-state index contributed by atoms with van der Waals surface area (Å²) in [6.07, 6.45) is 0.857. The van der Waals surface area contributed by atoms with Gasteiger partial charge in [0.25, 0.3) is 0 Å². The number of hydrogen-bond acceptors (Lipinski definition) is 8. The van der Waals surface area contributed by atoms with Gasteiger partial charge in [-0.1, -0.05) is 112 Å². The van der Waals surface area contributed by atoms with E-state index < -0.39 is 52.4 Å². The zero-order valence-corrected chi connectivity index (χ0v) is 28.6. The Bertz CT molecular complexity index is 1130. The number of esters is 2. The van der Waals surface area contributed by atoms with Crippen LogP contribution >= 0.6 is 0 Å². The third-order valence-electron chi connectivity index (χ3n) is 6.17. The van der Waals surface area contributed by atoms with E-state index in [-0.39, 0.29) is 26.4 Å². The van der Waals surface area contributed by atoms with E-state index in [1.807, 2.05) is 36.4 Å². The van der Waals surface area contributed by atoms with Crippen LogP contribution in [0.1, 0.15) is 11.1 Å². The normalized spacial score (nSPS) is 13.0. The molecule has 2 aromatic carbocycles. The molecule has 0 aliphatic heterocycles. The van der Waals surface area contributed by atoms with Crippen LogP contribution in [0.5, 0.6) is 0 Å². The predicted octanol–water partition coefficient (Wildman–Crippen LogP) is 5.90. The van der Waals surface area contributed by atoms with Crippen LogP contribution in [0.15, 0.2) is 72.8 Å². The fourth-order valence-corrected chi connectivity index (χ4v) is 4.90. The maximum absolute atomic E-state index is 13.0. The van der Waals surface area contributed by atoms with Crippen LogP contribution in [-0.4, -0.2) is 65.6 Å². The molecule has 0 aliphatic carbocycles. The average molecular weight is 643 g/mol. The molecule has 0 spiro atoms. The van der Waals surface area contributed by atoms with Gasteiger partial charge in [-0.2, -0.15) is 0 Å². The zero-order chi connectivity index (χ0) is 32.6. The Morgan fingerprint density at radius 1 is 0.591 bits per heavy atom. The van der Waals surface area contributed by atoms with Gasteiger partial charge in [-0.05, 0) is 23.2 Å². The highest BCUT2D eigenvalue weighted by molar-refractivity contribution is 6.76. The van der Waals surface area contributed by atoms with Crippen LogP contribution in [0.3, 0.4) is 0 Å². The van der Waals surface area contributed by atoms with Gasteiger partial charge in [0, 0.05) is 16.1 Å². The second-order valence-electron chi connectivity index (χ2n) is 12.7. The molecular weight excluding hydrogens is 597 g/mol. The van der Waals surface area contributed by atoms with Crippen molar-refractivity contribution >= 4 is 40.3 Å². The van der Waals surface area contributed by atoms with Gasteiger partial charge >= 0.3 is 24.1 Å². The summed E-state index contributed by atoms with van der Waals surface area (Å²) < 4.78 is 21.5. The molecule has 12 heteroatoms. The van der Waals surface area contributed by atoms with E-state index >= 15 is 0 Å². The standard InChI is InChI=1S/C32H46N2O8Si2/c1-43(2,3)21-19-39-29(35)27(33-31(37)41-23-25-13-9-7-10-14-25)17-18-28(30(36)40-20-22-44(4,5)6)34-32(38)42-24-26-15-11-8-12-16-26/h7-18,27-28H,19-24H2,1-6H3,(H,33,37)(H,34,38)/b18-17+/t27-,28-/m0/s1. The van der Waals surface area contributed by atoms with Crippen molar-refractivity contribution in [3.63, 3.8) is 0 Å². The molecule has 0 unspecified atom stereocenters. The predicted molar refractivity (Wildman–Crippen MR) is 174 cm³/mol. The third-order valence-corrected chi connectivity index (χ3v) is 9.58. The topological polar surface area (TPSA) is 129 Å². The summed E-state index contributed by atoms with van der Waals surface area (Å²) in [5.41, 5.74) is 1.54. The quantitative estimate of drug-likeness (QED) is 0.100. The first-order valence-corrected chi connectivity index (χ1v) is 22.1. The number of ether oxygens (including phenoxy) is 4. The number of hydrogen-bond donors (Lipinski definition) is 2. The Morgan fingerprint density at radius 2 is 0.932 bits per heavy atom. The van der Waals surface area contributed by atoms with Gasteiger partial charge in [-0.15, -0.1) is 0 Å². The summed E-state index contributed by atoms with van der Waals surface area (Å²) in [4.78, 5) is 51.3. The maximum Gasteiger partial charge on any atom is 0.408 e. The fraction of sp³-hybridized carbons (Fsp3) is 0.438. The van der Waals surface area contributed by atoms with Crippen LogP contribution in [-0.2, 0) is 41.8 Å². The van der Waals surface area contributed by atoms with E-state index in [0.29, 0.717) is 0 Å². The fourth-order valence-electron chi connectivity index (χ4n) is 3.47. The number of amides is 2. The highest BCUT2D eigenvalue weighted by Gasteiger charge is 2.26. The summed E-state index contributed by atoms with van der Waals surface area (Å²) in [6.45, 7) is 13.3. The van der Waals surface area contributed by atoms with Crippen LogP contribution in [0.2, 0.25) is 51.4 Å². The number of nitrogens with one attached hydrogen (secondary N) is 2. The van der Waals surface area contributed by atoms with Gasteiger partial charge in [0.05, 0.1) is 13.2 Å². The zero-order valence-electron chi connectivity index (χ0n) is 26.6. The number of carbonyl (C=O) groups is 4. The Balaban J connectivity index is 2.17. The van der Waals surface area contributed by atoms with E-state index in [0.717, 1.165) is 23.2 Å². The van der Waals surface area contributed by atoms with Crippen molar-refractivity contribution < 1.29 is 38.1 Å². The molecule has 2 rings (SSSR count). The lowest BCUT2D eigenvalue weighted by molar-refractivity contribution is -0.145. The van der Waals surface area contributed by atoms with E-state index in [2.05, 4.69) is 49.9 Å². The van der Waals surface area contributed by atoms with Crippen LogP contribution < -0.4 is 10.6 Å². The molecule has 2 atom stereocenters. The highest BCUT2D eigenvalue weighted by atomic mass is 28.3. The molecule has 2 N–H and O–H groups in total. The maximum atomic E-state index is 13.0. The number of benzene rings is 2. The largest absolute Gasteiger partial charge is 0.464 e. The first-order valence-electron chi connectivity index (χ1n) is 14.7. The Hall–Kier alpha value is -3.91. The van der Waals surface area contributed by atoms with Crippen molar-refractivity contribution in [2.45, 2.75) is 76.7 Å². The Labute approximate surface area is 262 Å². The second kappa shape index (κ2) is 18.0. The Kier molecular flexibility index (Phi) is 14.9. The summed E-state index contributed by atoms with van der Waals surface area (Å²) in [6, 6.07) is 17.0. The third kappa shape index (κ3) is 16.1. The highest BCUT2D eigenvalue weighted by Crippen LogP contribution is 2.10. The summed E-state index contributed by atoms with van der Waals surface area (Å²) in [5.74, 6) is -1.46. The molecule has 0 bridgehead atoms. The van der Waals surface area contributed by atoms with E-state index in [1.165, 1.54) is 12.2 Å². The minimum Gasteiger partial charge on any atom is -0.464 e. The van der Waals surface area contributed by atoms with Gasteiger partial charge in [0.2, 0.25) is 0 Å². The average Bonchev–Trinajstić information content (AvgIpc) is 2.96. The molecule has 2 amide bonds. The number of alkyl carbamates (subject to hydrolysis) is 2. The van der Waals surface area contributed by atoms with Crippen LogP contribution in [0.25, 0.3) is 0 Å². The van der Waals surface area contributed by atoms with Crippen LogP contribution in [0.4, 0.5) is 9.59 Å². The summed E-state index contributed by atoms with van der Waals surface area (Å²) in [5, 5.41) is 4.98. The smallest absolute Gasteiger partial charge is 0.408 e. The minimum atomic E-state index is -1.50. The first-order chi connectivity index (χ1) is 20.7. The molecule has 0 aliphatic rings. The van der Waals surface area contributed by atoms with Crippen molar-refractivity contribution in [3.8, 4) is 0 Å². The van der Waals surface area contributed by atoms with Crippen molar-refractivity contribution in [2.24, 2.45) is 0 Å². The minimum absolute atomic E-state index is 0.00533. The van der Waals surface area contributed by atoms with Crippen LogP contribution in [0, 0.1) is 0 Å². The first kappa shape index (κ1) is 36.3. The van der Waals surface area contributed by atoms with E-state index in [9.17, 15) is 19.2 Å². The summed E-state index contributed by atoms with van der Waals surface area (Å²) in [7, 11) is -2.99. The SMILES string of the molecule is C[Si](C)(C)CCOC(=O)[C@H](/C=C/[C@H](NC(=O)OCc1ccccc1)C(=O)OCC[Si](C)(C)C)NC(=O)OCc1ccccc1. The molecule has 0 radical (unpaired) electrons. The summed E-state index contributed by atoms with van der Waals surface area (Å²) >= 11 is 0. The van der Waals surface area contributed by atoms with Crippen molar-refractivity contribution in [2.75, 3.05) is 13.2 Å². The molecule has 0 saturated heterocycles. The molecular formula is C32H46N2O8Si2. The molecule has 0 fully saturated rings. The lowest BCUT2D eigenvalue weighted by Gasteiger charge is -2.20. The lowest BCUT2D eigenvalue weighted by Crippen LogP contribution is -2.44.